The van der Waals surface area contributed by atoms with E-state index < -0.39 is 27.2 Å². The smallest absolute Gasteiger partial charge is 0.330 e. The zero-order chi connectivity index (χ0) is 30.4. The van der Waals surface area contributed by atoms with E-state index in [0.717, 1.165) is 12.8 Å². The van der Waals surface area contributed by atoms with Crippen LogP contribution in [0, 0.1) is 11.7 Å². The van der Waals surface area contributed by atoms with E-state index in [1.165, 1.54) is 16.7 Å². The minimum absolute atomic E-state index is 0.0573. The first-order valence-corrected chi connectivity index (χ1v) is 15.7. The van der Waals surface area contributed by atoms with Crippen LogP contribution in [0.1, 0.15) is 35.7 Å². The highest BCUT2D eigenvalue weighted by molar-refractivity contribution is 7.93. The van der Waals surface area contributed by atoms with E-state index in [0.29, 0.717) is 46.0 Å². The van der Waals surface area contributed by atoms with Gasteiger partial charge < -0.3 is 4.98 Å². The Bertz CT molecular complexity index is 2250. The van der Waals surface area contributed by atoms with Crippen molar-refractivity contribution in [1.82, 2.24) is 24.5 Å². The highest BCUT2D eigenvalue weighted by Crippen LogP contribution is 2.33. The molecule has 6 aromatic rings. The summed E-state index contributed by atoms with van der Waals surface area (Å²) >= 11 is 0. The van der Waals surface area contributed by atoms with Crippen LogP contribution in [0.3, 0.4) is 0 Å². The van der Waals surface area contributed by atoms with Gasteiger partial charge in [0.15, 0.2) is 5.65 Å². The lowest BCUT2D eigenvalue weighted by Crippen LogP contribution is -2.30. The molecule has 1 fully saturated rings. The van der Waals surface area contributed by atoms with Gasteiger partial charge in [0, 0.05) is 29.7 Å². The lowest BCUT2D eigenvalue weighted by molar-refractivity contribution is 0.597. The van der Waals surface area contributed by atoms with Crippen molar-refractivity contribution >= 4 is 37.8 Å². The standard InChI is InChI=1S/C32H27FN6O4S/c33-25-8-2-1-5-22(25)17-24(29-35-28-30(36-29)39(18-19-10-11-19)32(41)37-31(28)40)20-12-14-23(15-13-20)38-44(42,43)26-9-3-6-21-7-4-16-34-27(21)26/h1-9,12-16,19,24,38H,10-11,17-18H2,(H,35,36)(H,37,40,41). The van der Waals surface area contributed by atoms with Gasteiger partial charge in [-0.05, 0) is 66.6 Å². The number of benzene rings is 3. The summed E-state index contributed by atoms with van der Waals surface area (Å²) in [6, 6.07) is 21.6. The molecule has 1 aliphatic rings. The van der Waals surface area contributed by atoms with Crippen LogP contribution >= 0.6 is 0 Å². The molecule has 0 saturated heterocycles. The van der Waals surface area contributed by atoms with Crippen LogP contribution in [-0.4, -0.2) is 32.9 Å². The monoisotopic (exact) mass is 610 g/mol. The van der Waals surface area contributed by atoms with Crippen molar-refractivity contribution in [1.29, 1.82) is 0 Å². The second kappa shape index (κ2) is 10.9. The van der Waals surface area contributed by atoms with Crippen LogP contribution in [-0.2, 0) is 23.0 Å². The maximum Gasteiger partial charge on any atom is 0.330 e. The molecule has 0 radical (unpaired) electrons. The second-order valence-corrected chi connectivity index (χ2v) is 12.7. The third-order valence-corrected chi connectivity index (χ3v) is 9.36. The zero-order valence-corrected chi connectivity index (χ0v) is 24.1. The Morgan fingerprint density at radius 1 is 0.955 bits per heavy atom. The minimum atomic E-state index is -3.97. The van der Waals surface area contributed by atoms with E-state index in [2.05, 4.69) is 19.7 Å². The predicted octanol–water partition coefficient (Wildman–Crippen LogP) is 4.69. The molecule has 3 aromatic heterocycles. The van der Waals surface area contributed by atoms with Gasteiger partial charge in [-0.25, -0.2) is 22.6 Å². The number of sulfonamides is 1. The van der Waals surface area contributed by atoms with E-state index in [9.17, 15) is 22.4 Å². The zero-order valence-electron chi connectivity index (χ0n) is 23.3. The Balaban J connectivity index is 1.26. The maximum atomic E-state index is 14.8. The fourth-order valence-electron chi connectivity index (χ4n) is 5.49. The van der Waals surface area contributed by atoms with Crippen LogP contribution in [0.2, 0.25) is 0 Å². The molecule has 3 aromatic carbocycles. The van der Waals surface area contributed by atoms with Gasteiger partial charge in [-0.3, -0.25) is 24.1 Å². The average Bonchev–Trinajstić information content (AvgIpc) is 3.73. The highest BCUT2D eigenvalue weighted by atomic mass is 32.2. The lowest BCUT2D eigenvalue weighted by Gasteiger charge is -2.17. The molecule has 3 heterocycles. The molecule has 44 heavy (non-hydrogen) atoms. The molecule has 12 heteroatoms. The molecule has 1 atom stereocenters. The molecule has 1 saturated carbocycles. The van der Waals surface area contributed by atoms with Crippen molar-refractivity contribution in [3.63, 3.8) is 0 Å². The Morgan fingerprint density at radius 3 is 2.50 bits per heavy atom. The molecule has 1 aliphatic carbocycles. The van der Waals surface area contributed by atoms with Crippen LogP contribution in [0.4, 0.5) is 10.1 Å². The number of anilines is 1. The van der Waals surface area contributed by atoms with Gasteiger partial charge in [0.1, 0.15) is 22.1 Å². The third-order valence-electron chi connectivity index (χ3n) is 7.95. The quantitative estimate of drug-likeness (QED) is 0.217. The fraction of sp³-hybridized carbons (Fsp3) is 0.188. The number of hydrogen-bond acceptors (Lipinski definition) is 6. The summed E-state index contributed by atoms with van der Waals surface area (Å²) in [7, 11) is -3.97. The Hall–Kier alpha value is -5.10. The van der Waals surface area contributed by atoms with Crippen LogP contribution in [0.15, 0.2) is 99.5 Å². The number of halogens is 1. The number of aromatic amines is 2. The summed E-state index contributed by atoms with van der Waals surface area (Å²) < 4.78 is 45.6. The number of hydrogen-bond donors (Lipinski definition) is 3. The molecule has 7 rings (SSSR count). The van der Waals surface area contributed by atoms with Gasteiger partial charge in [-0.15, -0.1) is 0 Å². The van der Waals surface area contributed by atoms with Crippen LogP contribution < -0.4 is 16.0 Å². The molecule has 0 spiro atoms. The molecule has 10 nitrogen and oxygen atoms in total. The molecule has 0 bridgehead atoms. The minimum Gasteiger partial charge on any atom is -0.336 e. The van der Waals surface area contributed by atoms with E-state index in [1.807, 2.05) is 0 Å². The molecular weight excluding hydrogens is 583 g/mol. The molecule has 0 amide bonds. The number of para-hydroxylation sites is 1. The number of imidazole rings is 1. The number of nitrogens with zero attached hydrogens (tertiary/aromatic N) is 3. The van der Waals surface area contributed by atoms with Crippen LogP contribution in [0.5, 0.6) is 0 Å². The number of rotatable bonds is 9. The normalized spacial score (nSPS) is 14.2. The van der Waals surface area contributed by atoms with E-state index >= 15 is 0 Å². The molecule has 1 unspecified atom stereocenters. The van der Waals surface area contributed by atoms with E-state index in [1.54, 1.807) is 72.9 Å². The summed E-state index contributed by atoms with van der Waals surface area (Å²) in [6.45, 7) is 0.454. The first kappa shape index (κ1) is 27.7. The molecule has 222 valence electrons. The van der Waals surface area contributed by atoms with Gasteiger partial charge in [0.2, 0.25) is 0 Å². The first-order valence-electron chi connectivity index (χ1n) is 14.2. The first-order chi connectivity index (χ1) is 21.3. The van der Waals surface area contributed by atoms with Crippen molar-refractivity contribution in [2.75, 3.05) is 4.72 Å². The van der Waals surface area contributed by atoms with Gasteiger partial charge in [0.05, 0.1) is 5.52 Å². The summed E-state index contributed by atoms with van der Waals surface area (Å²) in [5.41, 5.74) is 1.17. The number of nitrogens with one attached hydrogen (secondary N) is 3. The fourth-order valence-corrected chi connectivity index (χ4v) is 6.73. The summed E-state index contributed by atoms with van der Waals surface area (Å²) in [6.07, 6.45) is 3.76. The van der Waals surface area contributed by atoms with E-state index in [4.69, 9.17) is 4.98 Å². The second-order valence-electron chi connectivity index (χ2n) is 11.0. The highest BCUT2D eigenvalue weighted by Gasteiger charge is 2.27. The number of H-pyrrole nitrogens is 2. The van der Waals surface area contributed by atoms with Gasteiger partial charge in [-0.1, -0.05) is 48.5 Å². The summed E-state index contributed by atoms with van der Waals surface area (Å²) in [5.74, 6) is -0.183. The topological polar surface area (TPSA) is 143 Å². The third kappa shape index (κ3) is 5.28. The Kier molecular flexibility index (Phi) is 6.85. The number of fused-ring (bicyclic) bond motifs is 2. The maximum absolute atomic E-state index is 14.8. The van der Waals surface area contributed by atoms with Crippen LogP contribution in [0.25, 0.3) is 22.1 Å². The molecular formula is C32H27FN6O4S. The van der Waals surface area contributed by atoms with Crippen molar-refractivity contribution in [3.05, 3.63) is 129 Å². The van der Waals surface area contributed by atoms with Crippen molar-refractivity contribution in [2.45, 2.75) is 36.6 Å². The molecule has 0 aliphatic heterocycles. The van der Waals surface area contributed by atoms with Gasteiger partial charge in [0.25, 0.3) is 15.6 Å². The number of aromatic nitrogens is 5. The predicted molar refractivity (Wildman–Crippen MR) is 165 cm³/mol. The largest absolute Gasteiger partial charge is 0.336 e. The van der Waals surface area contributed by atoms with Gasteiger partial charge >= 0.3 is 5.69 Å². The number of pyridine rings is 1. The molecule has 3 N–H and O–H groups in total. The van der Waals surface area contributed by atoms with E-state index in [-0.39, 0.29) is 28.3 Å². The average molecular weight is 611 g/mol. The Morgan fingerprint density at radius 2 is 1.73 bits per heavy atom. The Labute approximate surface area is 250 Å². The van der Waals surface area contributed by atoms with Gasteiger partial charge in [-0.2, -0.15) is 0 Å². The SMILES string of the molecule is O=c1[nH]c(=O)n(CC2CC2)c2nc(C(Cc3ccccc3F)c3ccc(NS(=O)(=O)c4cccc5cccnc45)cc3)[nH]c12. The van der Waals surface area contributed by atoms with Crippen molar-refractivity contribution in [3.8, 4) is 0 Å². The summed E-state index contributed by atoms with van der Waals surface area (Å²) in [4.78, 5) is 39.9. The van der Waals surface area contributed by atoms with Crippen molar-refractivity contribution in [2.24, 2.45) is 5.92 Å². The van der Waals surface area contributed by atoms with Crippen molar-refractivity contribution < 1.29 is 12.8 Å². The summed E-state index contributed by atoms with van der Waals surface area (Å²) in [5, 5.41) is 0.703. The lowest BCUT2D eigenvalue weighted by atomic mass is 9.91.